The Morgan fingerprint density at radius 3 is 2.33 bits per heavy atom. The number of aliphatic hydroxyl groups is 2. The molecule has 0 fully saturated rings. The van der Waals surface area contributed by atoms with Gasteiger partial charge in [-0.3, -0.25) is 0 Å². The second-order valence-corrected chi connectivity index (χ2v) is 2.05. The number of rotatable bonds is 4. The zero-order valence-electron chi connectivity index (χ0n) is 5.25. The summed E-state index contributed by atoms with van der Waals surface area (Å²) in [4.78, 5) is 0. The van der Waals surface area contributed by atoms with Crippen molar-refractivity contribution in [3.8, 4) is 0 Å². The molecule has 4 heteroatoms. The lowest BCUT2D eigenvalue weighted by atomic mass is 10.2. The van der Waals surface area contributed by atoms with Crippen molar-refractivity contribution in [3.05, 3.63) is 0 Å². The number of halogens is 1. The standard InChI is InChI=1S/C5H11ClO3/c1-9-3-5(8)4(7)2-6/h4-5,7-8H,2-3H2,1H3. The van der Waals surface area contributed by atoms with Crippen LogP contribution in [0.4, 0.5) is 0 Å². The second kappa shape index (κ2) is 4.99. The minimum Gasteiger partial charge on any atom is -0.389 e. The molecule has 0 heterocycles. The van der Waals surface area contributed by atoms with Gasteiger partial charge < -0.3 is 14.9 Å². The minimum atomic E-state index is -0.883. The van der Waals surface area contributed by atoms with Crippen molar-refractivity contribution in [1.29, 1.82) is 0 Å². The van der Waals surface area contributed by atoms with Gasteiger partial charge in [0.25, 0.3) is 0 Å². The molecule has 0 aliphatic heterocycles. The molecular weight excluding hydrogens is 144 g/mol. The van der Waals surface area contributed by atoms with Crippen LogP contribution in [-0.2, 0) is 4.74 Å². The van der Waals surface area contributed by atoms with Crippen LogP contribution in [0.25, 0.3) is 0 Å². The number of methoxy groups -OCH3 is 1. The van der Waals surface area contributed by atoms with E-state index in [0.717, 1.165) is 0 Å². The van der Waals surface area contributed by atoms with Crippen LogP contribution in [0, 0.1) is 0 Å². The molecule has 0 saturated heterocycles. The van der Waals surface area contributed by atoms with Crippen LogP contribution < -0.4 is 0 Å². The third kappa shape index (κ3) is 3.70. The maximum atomic E-state index is 8.86. The van der Waals surface area contributed by atoms with E-state index in [1.54, 1.807) is 0 Å². The van der Waals surface area contributed by atoms with Gasteiger partial charge >= 0.3 is 0 Å². The first-order valence-electron chi connectivity index (χ1n) is 2.63. The van der Waals surface area contributed by atoms with Crippen LogP contribution in [-0.4, -0.2) is 42.0 Å². The summed E-state index contributed by atoms with van der Waals surface area (Å²) in [6.45, 7) is 0.119. The molecule has 0 aliphatic rings. The minimum absolute atomic E-state index is 0.0323. The molecule has 0 rings (SSSR count). The lowest BCUT2D eigenvalue weighted by Crippen LogP contribution is -2.31. The Bertz CT molecular complexity index is 69.2. The largest absolute Gasteiger partial charge is 0.389 e. The van der Waals surface area contributed by atoms with Crippen molar-refractivity contribution in [2.24, 2.45) is 0 Å². The summed E-state index contributed by atoms with van der Waals surface area (Å²) in [6.07, 6.45) is -1.75. The monoisotopic (exact) mass is 154 g/mol. The second-order valence-electron chi connectivity index (χ2n) is 1.74. The van der Waals surface area contributed by atoms with Gasteiger partial charge in [0, 0.05) is 7.11 Å². The molecule has 0 aromatic carbocycles. The Morgan fingerprint density at radius 1 is 1.44 bits per heavy atom. The molecule has 0 aromatic rings. The third-order valence-corrected chi connectivity index (χ3v) is 1.26. The van der Waals surface area contributed by atoms with Crippen LogP contribution in [0.15, 0.2) is 0 Å². The molecule has 9 heavy (non-hydrogen) atoms. The van der Waals surface area contributed by atoms with E-state index in [1.807, 2.05) is 0 Å². The fourth-order valence-corrected chi connectivity index (χ4v) is 0.590. The van der Waals surface area contributed by atoms with E-state index in [0.29, 0.717) is 0 Å². The topological polar surface area (TPSA) is 49.7 Å². The van der Waals surface area contributed by atoms with Crippen molar-refractivity contribution in [2.75, 3.05) is 19.6 Å². The summed E-state index contributed by atoms with van der Waals surface area (Å²) in [6, 6.07) is 0. The van der Waals surface area contributed by atoms with E-state index in [9.17, 15) is 0 Å². The highest BCUT2D eigenvalue weighted by atomic mass is 35.5. The maximum Gasteiger partial charge on any atom is 0.104 e. The van der Waals surface area contributed by atoms with Crippen LogP contribution >= 0.6 is 11.6 Å². The van der Waals surface area contributed by atoms with Crippen molar-refractivity contribution in [3.63, 3.8) is 0 Å². The van der Waals surface area contributed by atoms with Crippen LogP contribution in [0.1, 0.15) is 0 Å². The summed E-state index contributed by atoms with van der Waals surface area (Å²) in [5.41, 5.74) is 0. The highest BCUT2D eigenvalue weighted by Gasteiger charge is 2.13. The average Bonchev–Trinajstić information content (AvgIpc) is 1.87. The number of alkyl halides is 1. The molecule has 0 aliphatic carbocycles. The number of hydrogen-bond acceptors (Lipinski definition) is 3. The number of aliphatic hydroxyl groups excluding tert-OH is 2. The number of hydrogen-bond donors (Lipinski definition) is 2. The molecule has 0 radical (unpaired) electrons. The van der Waals surface area contributed by atoms with Gasteiger partial charge in [0.05, 0.1) is 18.6 Å². The van der Waals surface area contributed by atoms with Crippen LogP contribution in [0.5, 0.6) is 0 Å². The summed E-state index contributed by atoms with van der Waals surface area (Å²) in [7, 11) is 1.45. The van der Waals surface area contributed by atoms with Gasteiger partial charge in [-0.2, -0.15) is 0 Å². The van der Waals surface area contributed by atoms with E-state index >= 15 is 0 Å². The quantitative estimate of drug-likeness (QED) is 0.542. The molecule has 0 bridgehead atoms. The maximum absolute atomic E-state index is 8.86. The van der Waals surface area contributed by atoms with E-state index in [4.69, 9.17) is 21.8 Å². The van der Waals surface area contributed by atoms with Gasteiger partial charge in [0.15, 0.2) is 0 Å². The summed E-state index contributed by atoms with van der Waals surface area (Å²) in [5.74, 6) is 0.0323. The van der Waals surface area contributed by atoms with Crippen LogP contribution in [0.3, 0.4) is 0 Å². The fraction of sp³-hybridized carbons (Fsp3) is 1.00. The fourth-order valence-electron chi connectivity index (χ4n) is 0.385. The molecule has 0 aromatic heterocycles. The molecule has 0 amide bonds. The summed E-state index contributed by atoms with van der Waals surface area (Å²) >= 11 is 5.22. The molecular formula is C5H11ClO3. The third-order valence-electron chi connectivity index (χ3n) is 0.940. The van der Waals surface area contributed by atoms with Gasteiger partial charge in [0.2, 0.25) is 0 Å². The summed E-state index contributed by atoms with van der Waals surface area (Å²) < 4.78 is 4.56. The van der Waals surface area contributed by atoms with Gasteiger partial charge in [0.1, 0.15) is 6.10 Å². The van der Waals surface area contributed by atoms with E-state index in [-0.39, 0.29) is 12.5 Å². The Kier molecular flexibility index (Phi) is 5.09. The first kappa shape index (κ1) is 9.17. The van der Waals surface area contributed by atoms with E-state index in [1.165, 1.54) is 7.11 Å². The first-order valence-corrected chi connectivity index (χ1v) is 3.16. The Balaban J connectivity index is 3.32. The molecule has 56 valence electrons. The summed E-state index contributed by atoms with van der Waals surface area (Å²) in [5, 5.41) is 17.7. The molecule has 0 spiro atoms. The normalized spacial score (nSPS) is 17.3. The first-order chi connectivity index (χ1) is 4.22. The Labute approximate surface area is 59.2 Å². The van der Waals surface area contributed by atoms with Crippen molar-refractivity contribution in [1.82, 2.24) is 0 Å². The Morgan fingerprint density at radius 2 is 2.00 bits per heavy atom. The van der Waals surface area contributed by atoms with Crippen molar-refractivity contribution < 1.29 is 14.9 Å². The highest BCUT2D eigenvalue weighted by molar-refractivity contribution is 6.18. The zero-order chi connectivity index (χ0) is 7.28. The van der Waals surface area contributed by atoms with Crippen LogP contribution in [0.2, 0.25) is 0 Å². The van der Waals surface area contributed by atoms with Crippen molar-refractivity contribution in [2.45, 2.75) is 12.2 Å². The molecule has 2 atom stereocenters. The number of ether oxygens (including phenoxy) is 1. The predicted molar refractivity (Wildman–Crippen MR) is 34.6 cm³/mol. The Hall–Kier alpha value is 0.170. The zero-order valence-corrected chi connectivity index (χ0v) is 6.01. The highest BCUT2D eigenvalue weighted by Crippen LogP contribution is 1.95. The smallest absolute Gasteiger partial charge is 0.104 e. The van der Waals surface area contributed by atoms with Gasteiger partial charge in [-0.15, -0.1) is 11.6 Å². The predicted octanol–water partition coefficient (Wildman–Crippen LogP) is -0.407. The van der Waals surface area contributed by atoms with Gasteiger partial charge in [-0.05, 0) is 0 Å². The van der Waals surface area contributed by atoms with E-state index < -0.39 is 12.2 Å². The molecule has 2 unspecified atom stereocenters. The van der Waals surface area contributed by atoms with Gasteiger partial charge in [-0.25, -0.2) is 0 Å². The average molecular weight is 155 g/mol. The van der Waals surface area contributed by atoms with Gasteiger partial charge in [-0.1, -0.05) is 0 Å². The lowest BCUT2D eigenvalue weighted by Gasteiger charge is -2.13. The van der Waals surface area contributed by atoms with E-state index in [2.05, 4.69) is 4.74 Å². The molecule has 2 N–H and O–H groups in total. The SMILES string of the molecule is COCC(O)C(O)CCl. The van der Waals surface area contributed by atoms with Crippen molar-refractivity contribution >= 4 is 11.6 Å². The molecule has 3 nitrogen and oxygen atoms in total. The lowest BCUT2D eigenvalue weighted by molar-refractivity contribution is -0.0158. The molecule has 0 saturated carbocycles.